The Balaban J connectivity index is 2.05. The van der Waals surface area contributed by atoms with Crippen LogP contribution in [-0.4, -0.2) is 64.8 Å². The maximum Gasteiger partial charge on any atom is 0.257 e. The number of nitrogens with zero attached hydrogens (tertiary/aromatic N) is 4. The number of carbonyl (C=O) groups is 1. The molecule has 19 heavy (non-hydrogen) atoms. The van der Waals surface area contributed by atoms with Gasteiger partial charge in [-0.2, -0.15) is 5.10 Å². The first kappa shape index (κ1) is 14.0. The summed E-state index contributed by atoms with van der Waals surface area (Å²) >= 11 is 0. The Hall–Kier alpha value is -1.40. The Kier molecular flexibility index (Phi) is 4.21. The van der Waals surface area contributed by atoms with Crippen molar-refractivity contribution >= 4 is 5.91 Å². The van der Waals surface area contributed by atoms with E-state index in [1.165, 1.54) is 0 Å². The van der Waals surface area contributed by atoms with Gasteiger partial charge < -0.3 is 10.6 Å². The van der Waals surface area contributed by atoms with Crippen LogP contribution < -0.4 is 5.73 Å². The fourth-order valence-electron chi connectivity index (χ4n) is 2.60. The molecule has 0 spiro atoms. The molecule has 0 aromatic carbocycles. The molecule has 1 aliphatic rings. The molecule has 106 valence electrons. The maximum absolute atomic E-state index is 12.5. The van der Waals surface area contributed by atoms with Crippen molar-refractivity contribution in [2.24, 2.45) is 12.8 Å². The van der Waals surface area contributed by atoms with Gasteiger partial charge in [0.2, 0.25) is 0 Å². The number of aromatic nitrogens is 2. The standard InChI is InChI=1S/C13H23N5O/c1-10-12(11(2)16(3)15-10)13(19)18-8-6-17(5-4-14)7-9-18/h4-9,14H2,1-3H3. The number of aryl methyl sites for hydroxylation is 2. The van der Waals surface area contributed by atoms with Crippen molar-refractivity contribution in [3.63, 3.8) is 0 Å². The van der Waals surface area contributed by atoms with Gasteiger partial charge in [-0.3, -0.25) is 14.4 Å². The summed E-state index contributed by atoms with van der Waals surface area (Å²) in [6, 6.07) is 0. The van der Waals surface area contributed by atoms with Crippen molar-refractivity contribution in [3.8, 4) is 0 Å². The maximum atomic E-state index is 12.5. The average molecular weight is 265 g/mol. The lowest BCUT2D eigenvalue weighted by Crippen LogP contribution is -2.49. The molecule has 0 bridgehead atoms. The molecule has 1 amide bonds. The van der Waals surface area contributed by atoms with Crippen LogP contribution in [0, 0.1) is 13.8 Å². The van der Waals surface area contributed by atoms with Gasteiger partial charge in [-0.25, -0.2) is 0 Å². The van der Waals surface area contributed by atoms with Gasteiger partial charge in [0.25, 0.3) is 5.91 Å². The molecule has 2 N–H and O–H groups in total. The predicted molar refractivity (Wildman–Crippen MR) is 74.1 cm³/mol. The Bertz CT molecular complexity index is 460. The average Bonchev–Trinajstić information content (AvgIpc) is 2.64. The Labute approximate surface area is 114 Å². The first-order valence-electron chi connectivity index (χ1n) is 6.76. The van der Waals surface area contributed by atoms with Gasteiger partial charge in [0.15, 0.2) is 0 Å². The van der Waals surface area contributed by atoms with Crippen molar-refractivity contribution in [1.29, 1.82) is 0 Å². The summed E-state index contributed by atoms with van der Waals surface area (Å²) in [4.78, 5) is 16.8. The van der Waals surface area contributed by atoms with Gasteiger partial charge in [0, 0.05) is 52.0 Å². The van der Waals surface area contributed by atoms with Crippen LogP contribution in [0.4, 0.5) is 0 Å². The summed E-state index contributed by atoms with van der Waals surface area (Å²) < 4.78 is 1.77. The molecule has 1 aliphatic heterocycles. The molecule has 0 saturated carbocycles. The zero-order chi connectivity index (χ0) is 14.0. The molecule has 6 nitrogen and oxygen atoms in total. The van der Waals surface area contributed by atoms with E-state index in [1.54, 1.807) is 4.68 Å². The summed E-state index contributed by atoms with van der Waals surface area (Å²) in [5.41, 5.74) is 8.06. The van der Waals surface area contributed by atoms with Crippen LogP contribution in [0.15, 0.2) is 0 Å². The third-order valence-electron chi connectivity index (χ3n) is 3.83. The lowest BCUT2D eigenvalue weighted by molar-refractivity contribution is 0.0639. The number of hydrogen-bond donors (Lipinski definition) is 1. The Morgan fingerprint density at radius 1 is 1.26 bits per heavy atom. The molecule has 1 fully saturated rings. The van der Waals surface area contributed by atoms with Crippen LogP contribution in [0.1, 0.15) is 21.7 Å². The molecule has 2 heterocycles. The molecule has 1 aromatic heterocycles. The van der Waals surface area contributed by atoms with Crippen molar-refractivity contribution in [1.82, 2.24) is 19.6 Å². The van der Waals surface area contributed by atoms with Crippen molar-refractivity contribution < 1.29 is 4.79 Å². The number of amides is 1. The second-order valence-electron chi connectivity index (χ2n) is 5.09. The number of hydrogen-bond acceptors (Lipinski definition) is 4. The van der Waals surface area contributed by atoms with E-state index in [2.05, 4.69) is 10.00 Å². The summed E-state index contributed by atoms with van der Waals surface area (Å²) in [6.07, 6.45) is 0. The fraction of sp³-hybridized carbons (Fsp3) is 0.692. The largest absolute Gasteiger partial charge is 0.336 e. The molecule has 0 aliphatic carbocycles. The highest BCUT2D eigenvalue weighted by atomic mass is 16.2. The van der Waals surface area contributed by atoms with E-state index < -0.39 is 0 Å². The minimum absolute atomic E-state index is 0.107. The van der Waals surface area contributed by atoms with Crippen LogP contribution in [0.2, 0.25) is 0 Å². The lowest BCUT2D eigenvalue weighted by Gasteiger charge is -2.34. The molecule has 2 rings (SSSR count). The zero-order valence-electron chi connectivity index (χ0n) is 12.0. The van der Waals surface area contributed by atoms with Gasteiger partial charge in [-0.15, -0.1) is 0 Å². The topological polar surface area (TPSA) is 67.4 Å². The van der Waals surface area contributed by atoms with Crippen LogP contribution in [0.5, 0.6) is 0 Å². The van der Waals surface area contributed by atoms with Crippen LogP contribution in [0.3, 0.4) is 0 Å². The summed E-state index contributed by atoms with van der Waals surface area (Å²) in [5.74, 6) is 0.107. The Morgan fingerprint density at radius 3 is 2.37 bits per heavy atom. The van der Waals surface area contributed by atoms with Crippen LogP contribution in [0.25, 0.3) is 0 Å². The first-order valence-corrected chi connectivity index (χ1v) is 6.76. The highest BCUT2D eigenvalue weighted by Gasteiger charge is 2.25. The molecular formula is C13H23N5O. The van der Waals surface area contributed by atoms with Crippen LogP contribution >= 0.6 is 0 Å². The van der Waals surface area contributed by atoms with E-state index in [4.69, 9.17) is 5.73 Å². The smallest absolute Gasteiger partial charge is 0.257 e. The summed E-state index contributed by atoms with van der Waals surface area (Å²) in [6.45, 7) is 8.77. The quantitative estimate of drug-likeness (QED) is 0.818. The molecule has 0 radical (unpaired) electrons. The van der Waals surface area contributed by atoms with E-state index in [9.17, 15) is 4.79 Å². The first-order chi connectivity index (χ1) is 9.04. The van der Waals surface area contributed by atoms with E-state index in [1.807, 2.05) is 25.8 Å². The third-order valence-corrected chi connectivity index (χ3v) is 3.83. The number of carbonyl (C=O) groups excluding carboxylic acids is 1. The molecule has 1 saturated heterocycles. The monoisotopic (exact) mass is 265 g/mol. The molecule has 1 aromatic rings. The van der Waals surface area contributed by atoms with Gasteiger partial charge in [0.05, 0.1) is 11.3 Å². The van der Waals surface area contributed by atoms with Crippen LogP contribution in [-0.2, 0) is 7.05 Å². The molecular weight excluding hydrogens is 242 g/mol. The van der Waals surface area contributed by atoms with Crippen molar-refractivity contribution in [3.05, 3.63) is 17.0 Å². The van der Waals surface area contributed by atoms with Gasteiger partial charge in [-0.1, -0.05) is 0 Å². The molecule has 0 atom stereocenters. The van der Waals surface area contributed by atoms with Gasteiger partial charge in [-0.05, 0) is 13.8 Å². The van der Waals surface area contributed by atoms with Gasteiger partial charge in [0.1, 0.15) is 0 Å². The SMILES string of the molecule is Cc1nn(C)c(C)c1C(=O)N1CCN(CCN)CC1. The predicted octanol–water partition coefficient (Wildman–Crippen LogP) is -0.247. The van der Waals surface area contributed by atoms with E-state index in [0.29, 0.717) is 6.54 Å². The molecule has 0 unspecified atom stereocenters. The second kappa shape index (κ2) is 5.71. The highest BCUT2D eigenvalue weighted by molar-refractivity contribution is 5.96. The van der Waals surface area contributed by atoms with Crippen molar-refractivity contribution in [2.45, 2.75) is 13.8 Å². The number of piperazine rings is 1. The fourth-order valence-corrected chi connectivity index (χ4v) is 2.60. The van der Waals surface area contributed by atoms with E-state index in [-0.39, 0.29) is 5.91 Å². The minimum atomic E-state index is 0.107. The zero-order valence-corrected chi connectivity index (χ0v) is 12.0. The van der Waals surface area contributed by atoms with E-state index in [0.717, 1.165) is 49.7 Å². The third kappa shape index (κ3) is 2.79. The number of rotatable bonds is 3. The normalized spacial score (nSPS) is 16.9. The second-order valence-corrected chi connectivity index (χ2v) is 5.09. The van der Waals surface area contributed by atoms with E-state index >= 15 is 0 Å². The van der Waals surface area contributed by atoms with Crippen molar-refractivity contribution in [2.75, 3.05) is 39.3 Å². The summed E-state index contributed by atoms with van der Waals surface area (Å²) in [5, 5.41) is 4.31. The minimum Gasteiger partial charge on any atom is -0.336 e. The highest BCUT2D eigenvalue weighted by Crippen LogP contribution is 2.16. The lowest BCUT2D eigenvalue weighted by atomic mass is 10.1. The molecule has 6 heteroatoms. The van der Waals surface area contributed by atoms with Gasteiger partial charge >= 0.3 is 0 Å². The Morgan fingerprint density at radius 2 is 1.89 bits per heavy atom. The number of nitrogens with two attached hydrogens (primary N) is 1. The summed E-state index contributed by atoms with van der Waals surface area (Å²) in [7, 11) is 1.87.